The van der Waals surface area contributed by atoms with Gasteiger partial charge in [0.25, 0.3) is 0 Å². The van der Waals surface area contributed by atoms with Crippen LogP contribution < -0.4 is 5.32 Å². The van der Waals surface area contributed by atoms with Crippen molar-refractivity contribution in [2.45, 2.75) is 38.3 Å². The van der Waals surface area contributed by atoms with E-state index in [-0.39, 0.29) is 0 Å². The SMILES string of the molecule is Ic1ccc(COCC[C@@H]2CCCCN2)cc1. The molecule has 1 atom stereocenters. The first-order valence-electron chi connectivity index (χ1n) is 6.40. The number of halogens is 1. The summed E-state index contributed by atoms with van der Waals surface area (Å²) >= 11 is 2.32. The third-order valence-corrected chi connectivity index (χ3v) is 3.92. The van der Waals surface area contributed by atoms with Crippen LogP contribution in [0.15, 0.2) is 24.3 Å². The molecule has 0 saturated carbocycles. The van der Waals surface area contributed by atoms with Gasteiger partial charge in [-0.15, -0.1) is 0 Å². The summed E-state index contributed by atoms with van der Waals surface area (Å²) in [6.07, 6.45) is 5.16. The number of rotatable bonds is 5. The van der Waals surface area contributed by atoms with E-state index in [9.17, 15) is 0 Å². The standard InChI is InChI=1S/C14H20INO/c15-13-6-4-12(5-7-13)11-17-10-8-14-3-1-2-9-16-14/h4-7,14,16H,1-3,8-11H2/t14-/m0/s1. The molecule has 0 radical (unpaired) electrons. The van der Waals surface area contributed by atoms with Crippen molar-refractivity contribution in [1.82, 2.24) is 5.32 Å². The number of nitrogens with one attached hydrogen (secondary N) is 1. The van der Waals surface area contributed by atoms with Crippen LogP contribution in [0.25, 0.3) is 0 Å². The van der Waals surface area contributed by atoms with E-state index >= 15 is 0 Å². The summed E-state index contributed by atoms with van der Waals surface area (Å²) < 4.78 is 7.00. The molecule has 1 heterocycles. The van der Waals surface area contributed by atoms with Crippen LogP contribution in [-0.2, 0) is 11.3 Å². The minimum atomic E-state index is 0.681. The van der Waals surface area contributed by atoms with E-state index in [0.717, 1.165) is 19.6 Å². The van der Waals surface area contributed by atoms with Crippen LogP contribution in [-0.4, -0.2) is 19.2 Å². The zero-order valence-corrected chi connectivity index (χ0v) is 12.3. The van der Waals surface area contributed by atoms with Crippen molar-refractivity contribution < 1.29 is 4.74 Å². The highest BCUT2D eigenvalue weighted by Gasteiger charge is 2.11. The first-order valence-corrected chi connectivity index (χ1v) is 7.48. The van der Waals surface area contributed by atoms with Crippen LogP contribution in [0.5, 0.6) is 0 Å². The van der Waals surface area contributed by atoms with Gasteiger partial charge in [0.2, 0.25) is 0 Å². The molecule has 1 aliphatic rings. The first kappa shape index (κ1) is 13.3. The van der Waals surface area contributed by atoms with Gasteiger partial charge >= 0.3 is 0 Å². The van der Waals surface area contributed by atoms with Gasteiger partial charge in [-0.05, 0) is 66.1 Å². The molecule has 94 valence electrons. The van der Waals surface area contributed by atoms with E-state index in [1.54, 1.807) is 0 Å². The Hall–Kier alpha value is -0.130. The predicted molar refractivity (Wildman–Crippen MR) is 79.1 cm³/mol. The van der Waals surface area contributed by atoms with Gasteiger partial charge in [0.1, 0.15) is 0 Å². The Balaban J connectivity index is 1.60. The topological polar surface area (TPSA) is 21.3 Å². The Bertz CT molecular complexity index is 319. The number of hydrogen-bond donors (Lipinski definition) is 1. The van der Waals surface area contributed by atoms with E-state index in [4.69, 9.17) is 4.74 Å². The van der Waals surface area contributed by atoms with Gasteiger partial charge in [-0.25, -0.2) is 0 Å². The molecule has 1 aliphatic heterocycles. The summed E-state index contributed by atoms with van der Waals surface area (Å²) in [7, 11) is 0. The van der Waals surface area contributed by atoms with Crippen LogP contribution in [0.3, 0.4) is 0 Å². The van der Waals surface area contributed by atoms with Gasteiger partial charge in [0.15, 0.2) is 0 Å². The molecule has 0 amide bonds. The molecular formula is C14H20INO. The van der Waals surface area contributed by atoms with Gasteiger partial charge in [-0.1, -0.05) is 18.6 Å². The normalized spacial score (nSPS) is 20.4. The van der Waals surface area contributed by atoms with Crippen molar-refractivity contribution in [2.24, 2.45) is 0 Å². The van der Waals surface area contributed by atoms with Crippen LogP contribution in [0, 0.1) is 3.57 Å². The summed E-state index contributed by atoms with van der Waals surface area (Å²) in [4.78, 5) is 0. The lowest BCUT2D eigenvalue weighted by molar-refractivity contribution is 0.108. The average molecular weight is 345 g/mol. The Morgan fingerprint density at radius 1 is 1.24 bits per heavy atom. The minimum absolute atomic E-state index is 0.681. The lowest BCUT2D eigenvalue weighted by atomic mass is 10.0. The third kappa shape index (κ3) is 4.94. The Labute approximate surface area is 117 Å². The van der Waals surface area contributed by atoms with Crippen molar-refractivity contribution in [3.05, 3.63) is 33.4 Å². The van der Waals surface area contributed by atoms with Gasteiger partial charge < -0.3 is 10.1 Å². The van der Waals surface area contributed by atoms with Crippen LogP contribution in [0.2, 0.25) is 0 Å². The molecule has 1 aromatic carbocycles. The second-order valence-electron chi connectivity index (χ2n) is 4.61. The Morgan fingerprint density at radius 2 is 2.06 bits per heavy atom. The molecular weight excluding hydrogens is 325 g/mol. The molecule has 0 bridgehead atoms. The number of benzene rings is 1. The van der Waals surface area contributed by atoms with Crippen LogP contribution >= 0.6 is 22.6 Å². The van der Waals surface area contributed by atoms with E-state index in [1.165, 1.54) is 34.9 Å². The second kappa shape index (κ2) is 7.34. The fraction of sp³-hybridized carbons (Fsp3) is 0.571. The highest BCUT2D eigenvalue weighted by molar-refractivity contribution is 14.1. The molecule has 17 heavy (non-hydrogen) atoms. The molecule has 0 unspecified atom stereocenters. The summed E-state index contributed by atoms with van der Waals surface area (Å²) in [5, 5.41) is 3.54. The van der Waals surface area contributed by atoms with Crippen molar-refractivity contribution in [2.75, 3.05) is 13.2 Å². The molecule has 1 saturated heterocycles. The number of ether oxygens (including phenoxy) is 1. The molecule has 1 fully saturated rings. The van der Waals surface area contributed by atoms with E-state index < -0.39 is 0 Å². The maximum atomic E-state index is 5.72. The highest BCUT2D eigenvalue weighted by Crippen LogP contribution is 2.11. The molecule has 0 aliphatic carbocycles. The fourth-order valence-electron chi connectivity index (χ4n) is 2.17. The molecule has 2 nitrogen and oxygen atoms in total. The number of piperidine rings is 1. The summed E-state index contributed by atoms with van der Waals surface area (Å²) in [5.41, 5.74) is 1.27. The van der Waals surface area contributed by atoms with Gasteiger partial charge in [0.05, 0.1) is 6.61 Å². The third-order valence-electron chi connectivity index (χ3n) is 3.21. The molecule has 2 rings (SSSR count). The zero-order chi connectivity index (χ0) is 11.9. The predicted octanol–water partition coefficient (Wildman–Crippen LogP) is 3.34. The van der Waals surface area contributed by atoms with E-state index in [2.05, 4.69) is 52.2 Å². The Morgan fingerprint density at radius 3 is 2.76 bits per heavy atom. The number of hydrogen-bond acceptors (Lipinski definition) is 2. The van der Waals surface area contributed by atoms with Gasteiger partial charge in [-0.2, -0.15) is 0 Å². The maximum Gasteiger partial charge on any atom is 0.0716 e. The molecule has 1 N–H and O–H groups in total. The average Bonchev–Trinajstić information content (AvgIpc) is 2.38. The maximum absolute atomic E-state index is 5.72. The second-order valence-corrected chi connectivity index (χ2v) is 5.86. The van der Waals surface area contributed by atoms with Gasteiger partial charge in [-0.3, -0.25) is 0 Å². The van der Waals surface area contributed by atoms with Crippen LogP contribution in [0.4, 0.5) is 0 Å². The molecule has 3 heteroatoms. The summed E-state index contributed by atoms with van der Waals surface area (Å²) in [6.45, 7) is 2.79. The summed E-state index contributed by atoms with van der Waals surface area (Å²) in [5.74, 6) is 0. The quantitative estimate of drug-likeness (QED) is 0.653. The van der Waals surface area contributed by atoms with E-state index in [1.807, 2.05) is 0 Å². The lowest BCUT2D eigenvalue weighted by Crippen LogP contribution is -2.34. The van der Waals surface area contributed by atoms with Gasteiger partial charge in [0, 0.05) is 16.2 Å². The first-order chi connectivity index (χ1) is 8.34. The summed E-state index contributed by atoms with van der Waals surface area (Å²) in [6, 6.07) is 9.21. The fourth-order valence-corrected chi connectivity index (χ4v) is 2.53. The van der Waals surface area contributed by atoms with Crippen molar-refractivity contribution >= 4 is 22.6 Å². The minimum Gasteiger partial charge on any atom is -0.377 e. The molecule has 0 aromatic heterocycles. The van der Waals surface area contributed by atoms with Crippen molar-refractivity contribution in [3.63, 3.8) is 0 Å². The van der Waals surface area contributed by atoms with Crippen molar-refractivity contribution in [1.29, 1.82) is 0 Å². The Kier molecular flexibility index (Phi) is 5.74. The smallest absolute Gasteiger partial charge is 0.0716 e. The zero-order valence-electron chi connectivity index (χ0n) is 10.1. The van der Waals surface area contributed by atoms with Crippen molar-refractivity contribution in [3.8, 4) is 0 Å². The van der Waals surface area contributed by atoms with E-state index in [0.29, 0.717) is 6.04 Å². The lowest BCUT2D eigenvalue weighted by Gasteiger charge is -2.23. The van der Waals surface area contributed by atoms with Crippen LogP contribution in [0.1, 0.15) is 31.2 Å². The highest BCUT2D eigenvalue weighted by atomic mass is 127. The monoisotopic (exact) mass is 345 g/mol. The molecule has 0 spiro atoms. The largest absolute Gasteiger partial charge is 0.377 e. The molecule has 1 aromatic rings.